The predicted octanol–water partition coefficient (Wildman–Crippen LogP) is 1.46. The highest BCUT2D eigenvalue weighted by molar-refractivity contribution is 5.92. The molecule has 1 aliphatic carbocycles. The van der Waals surface area contributed by atoms with Crippen molar-refractivity contribution in [2.45, 2.75) is 57.6 Å². The van der Waals surface area contributed by atoms with Gasteiger partial charge in [0.2, 0.25) is 0 Å². The summed E-state index contributed by atoms with van der Waals surface area (Å²) in [5.74, 6) is 0.559. The van der Waals surface area contributed by atoms with Crippen LogP contribution in [-0.4, -0.2) is 50.1 Å². The van der Waals surface area contributed by atoms with Crippen LogP contribution in [0.5, 0.6) is 0 Å². The minimum absolute atomic E-state index is 0.108. The fourth-order valence-corrected chi connectivity index (χ4v) is 3.42. The maximum atomic E-state index is 12.3. The molecule has 1 amide bonds. The lowest BCUT2D eigenvalue weighted by atomic mass is 9.89. The number of carbonyl (C=O) groups excluding carboxylic acids is 1. The Morgan fingerprint density at radius 2 is 2.05 bits per heavy atom. The summed E-state index contributed by atoms with van der Waals surface area (Å²) in [5, 5.41) is 17.8. The van der Waals surface area contributed by atoms with Crippen LogP contribution in [0.1, 0.15) is 55.4 Å². The van der Waals surface area contributed by atoms with Crippen molar-refractivity contribution in [2.75, 3.05) is 13.1 Å². The lowest BCUT2D eigenvalue weighted by molar-refractivity contribution is 0.0469. The Kier molecular flexibility index (Phi) is 4.53. The third-order valence-corrected chi connectivity index (χ3v) is 4.61. The summed E-state index contributed by atoms with van der Waals surface area (Å²) >= 11 is 0. The van der Waals surface area contributed by atoms with E-state index in [4.69, 9.17) is 0 Å². The van der Waals surface area contributed by atoms with Crippen molar-refractivity contribution in [3.63, 3.8) is 0 Å². The molecule has 6 heteroatoms. The molecule has 6 nitrogen and oxygen atoms in total. The smallest absolute Gasteiger partial charge is 0.276 e. The van der Waals surface area contributed by atoms with E-state index in [9.17, 15) is 9.90 Å². The quantitative estimate of drug-likeness (QED) is 0.915. The molecule has 1 saturated carbocycles. The van der Waals surface area contributed by atoms with Crippen LogP contribution >= 0.6 is 0 Å². The molecule has 116 valence electrons. The normalized spacial score (nSPS) is 24.2. The van der Waals surface area contributed by atoms with Crippen LogP contribution in [0.3, 0.4) is 0 Å². The molecule has 21 heavy (non-hydrogen) atoms. The summed E-state index contributed by atoms with van der Waals surface area (Å²) in [6.45, 7) is 1.97. The number of amides is 1. The Morgan fingerprint density at radius 1 is 1.24 bits per heavy atom. The molecule has 1 aliphatic heterocycles. The fraction of sp³-hybridized carbons (Fsp3) is 0.800. The standard InChI is InChI=1S/C15H24N4O2/c20-13-7-4-8-18(10-13)15(21)14-11-19(17-16-14)9-12-5-2-1-3-6-12/h11-13,20H,1-10H2. The highest BCUT2D eigenvalue weighted by Crippen LogP contribution is 2.24. The van der Waals surface area contributed by atoms with E-state index in [1.54, 1.807) is 11.1 Å². The summed E-state index contributed by atoms with van der Waals surface area (Å²) in [6, 6.07) is 0. The Bertz CT molecular complexity index is 482. The van der Waals surface area contributed by atoms with E-state index in [-0.39, 0.29) is 5.91 Å². The lowest BCUT2D eigenvalue weighted by Crippen LogP contribution is -2.42. The van der Waals surface area contributed by atoms with E-state index in [0.29, 0.717) is 24.7 Å². The molecule has 0 radical (unpaired) electrons. The number of carbonyl (C=O) groups is 1. The van der Waals surface area contributed by atoms with Crippen LogP contribution in [0.4, 0.5) is 0 Å². The van der Waals surface area contributed by atoms with Gasteiger partial charge in [0.25, 0.3) is 5.91 Å². The molecule has 2 aliphatic rings. The molecule has 0 spiro atoms. The molecule has 1 aromatic rings. The summed E-state index contributed by atoms with van der Waals surface area (Å²) < 4.78 is 1.81. The van der Waals surface area contributed by atoms with Gasteiger partial charge in [-0.05, 0) is 31.6 Å². The van der Waals surface area contributed by atoms with E-state index in [1.165, 1.54) is 32.1 Å². The average molecular weight is 292 g/mol. The molecular formula is C15H24N4O2. The second kappa shape index (κ2) is 6.56. The van der Waals surface area contributed by atoms with Crippen LogP contribution in [-0.2, 0) is 6.54 Å². The van der Waals surface area contributed by atoms with Crippen LogP contribution in [0.15, 0.2) is 6.20 Å². The molecule has 1 N–H and O–H groups in total. The van der Waals surface area contributed by atoms with Crippen molar-refractivity contribution >= 4 is 5.91 Å². The molecule has 1 atom stereocenters. The predicted molar refractivity (Wildman–Crippen MR) is 77.7 cm³/mol. The van der Waals surface area contributed by atoms with Gasteiger partial charge in [0.1, 0.15) is 0 Å². The van der Waals surface area contributed by atoms with Gasteiger partial charge in [0.15, 0.2) is 5.69 Å². The van der Waals surface area contributed by atoms with Gasteiger partial charge in [0, 0.05) is 19.6 Å². The van der Waals surface area contributed by atoms with Crippen molar-refractivity contribution in [2.24, 2.45) is 5.92 Å². The topological polar surface area (TPSA) is 71.2 Å². The second-order valence-corrected chi connectivity index (χ2v) is 6.38. The monoisotopic (exact) mass is 292 g/mol. The van der Waals surface area contributed by atoms with E-state index in [0.717, 1.165) is 19.4 Å². The van der Waals surface area contributed by atoms with Crippen LogP contribution in [0.25, 0.3) is 0 Å². The van der Waals surface area contributed by atoms with Gasteiger partial charge in [-0.3, -0.25) is 9.48 Å². The molecule has 1 aromatic heterocycles. The molecule has 0 aromatic carbocycles. The average Bonchev–Trinajstić information content (AvgIpc) is 2.96. The van der Waals surface area contributed by atoms with E-state index >= 15 is 0 Å². The summed E-state index contributed by atoms with van der Waals surface area (Å²) in [6.07, 6.45) is 9.44. The Morgan fingerprint density at radius 3 is 2.81 bits per heavy atom. The maximum Gasteiger partial charge on any atom is 0.276 e. The first-order chi connectivity index (χ1) is 10.2. The molecule has 2 heterocycles. The van der Waals surface area contributed by atoms with Crippen LogP contribution < -0.4 is 0 Å². The molecule has 3 rings (SSSR count). The number of likely N-dealkylation sites (tertiary alicyclic amines) is 1. The van der Waals surface area contributed by atoms with Crippen molar-refractivity contribution in [1.29, 1.82) is 0 Å². The van der Waals surface area contributed by atoms with Gasteiger partial charge >= 0.3 is 0 Å². The zero-order valence-corrected chi connectivity index (χ0v) is 12.4. The number of aliphatic hydroxyl groups excluding tert-OH is 1. The largest absolute Gasteiger partial charge is 0.391 e. The molecule has 2 fully saturated rings. The third-order valence-electron chi connectivity index (χ3n) is 4.61. The number of β-amino-alcohol motifs (C(OH)–C–C–N with tert-alkyl or cyclic N) is 1. The number of rotatable bonds is 3. The molecule has 0 bridgehead atoms. The minimum atomic E-state index is -0.403. The third kappa shape index (κ3) is 3.61. The Labute approximate surface area is 125 Å². The van der Waals surface area contributed by atoms with E-state index in [2.05, 4.69) is 10.3 Å². The van der Waals surface area contributed by atoms with Crippen LogP contribution in [0, 0.1) is 5.92 Å². The first kappa shape index (κ1) is 14.5. The summed E-state index contributed by atoms with van der Waals surface area (Å²) in [4.78, 5) is 14.0. The number of piperidine rings is 1. The second-order valence-electron chi connectivity index (χ2n) is 6.38. The number of aliphatic hydroxyl groups is 1. The fourth-order valence-electron chi connectivity index (χ4n) is 3.42. The number of aromatic nitrogens is 3. The SMILES string of the molecule is O=C(c1cn(CC2CCCCC2)nn1)N1CCCC(O)C1. The van der Waals surface area contributed by atoms with Crippen LogP contribution in [0.2, 0.25) is 0 Å². The summed E-state index contributed by atoms with van der Waals surface area (Å²) in [5.41, 5.74) is 0.403. The maximum absolute atomic E-state index is 12.3. The zero-order chi connectivity index (χ0) is 14.7. The Balaban J connectivity index is 1.59. The molecular weight excluding hydrogens is 268 g/mol. The zero-order valence-electron chi connectivity index (χ0n) is 12.4. The highest BCUT2D eigenvalue weighted by atomic mass is 16.3. The van der Waals surface area contributed by atoms with Crippen molar-refractivity contribution in [1.82, 2.24) is 19.9 Å². The number of hydrogen-bond donors (Lipinski definition) is 1. The molecule has 1 unspecified atom stereocenters. The number of hydrogen-bond acceptors (Lipinski definition) is 4. The van der Waals surface area contributed by atoms with Gasteiger partial charge in [-0.1, -0.05) is 24.5 Å². The first-order valence-corrected chi connectivity index (χ1v) is 8.10. The van der Waals surface area contributed by atoms with E-state index < -0.39 is 6.10 Å². The van der Waals surface area contributed by atoms with Gasteiger partial charge in [-0.25, -0.2) is 0 Å². The van der Waals surface area contributed by atoms with Crippen molar-refractivity contribution in [3.05, 3.63) is 11.9 Å². The van der Waals surface area contributed by atoms with E-state index in [1.807, 2.05) is 4.68 Å². The molecule has 1 saturated heterocycles. The van der Waals surface area contributed by atoms with Crippen molar-refractivity contribution in [3.8, 4) is 0 Å². The van der Waals surface area contributed by atoms with Gasteiger partial charge < -0.3 is 10.0 Å². The highest BCUT2D eigenvalue weighted by Gasteiger charge is 2.25. The minimum Gasteiger partial charge on any atom is -0.391 e. The summed E-state index contributed by atoms with van der Waals surface area (Å²) in [7, 11) is 0. The number of nitrogens with zero attached hydrogens (tertiary/aromatic N) is 4. The van der Waals surface area contributed by atoms with Gasteiger partial charge in [-0.15, -0.1) is 5.10 Å². The van der Waals surface area contributed by atoms with Crippen molar-refractivity contribution < 1.29 is 9.90 Å². The van der Waals surface area contributed by atoms with Gasteiger partial charge in [0.05, 0.1) is 12.3 Å². The Hall–Kier alpha value is -1.43. The van der Waals surface area contributed by atoms with Gasteiger partial charge in [-0.2, -0.15) is 0 Å². The first-order valence-electron chi connectivity index (χ1n) is 8.10. The lowest BCUT2D eigenvalue weighted by Gasteiger charge is -2.29.